The number of fused-ring (bicyclic) bond motifs is 2. The molecule has 2 aliphatic rings. The van der Waals surface area contributed by atoms with Crippen LogP contribution in [0.4, 0.5) is 0 Å². The van der Waals surface area contributed by atoms with Gasteiger partial charge in [0.1, 0.15) is 6.54 Å². The Morgan fingerprint density at radius 2 is 2.11 bits per heavy atom. The molecule has 1 saturated heterocycles. The van der Waals surface area contributed by atoms with Crippen LogP contribution in [-0.2, 0) is 23.3 Å². The van der Waals surface area contributed by atoms with Crippen molar-refractivity contribution in [1.29, 1.82) is 0 Å². The molecule has 2 aliphatic heterocycles. The molecule has 4 rings (SSSR count). The molecule has 0 saturated carbocycles. The van der Waals surface area contributed by atoms with E-state index in [0.717, 1.165) is 51.1 Å². The third-order valence-electron chi connectivity index (χ3n) is 6.19. The Hall–Kier alpha value is -2.15. The van der Waals surface area contributed by atoms with Crippen LogP contribution in [0.2, 0.25) is 0 Å². The maximum absolute atomic E-state index is 12.7. The number of amides is 1. The van der Waals surface area contributed by atoms with E-state index in [1.165, 1.54) is 24.2 Å². The van der Waals surface area contributed by atoms with Crippen LogP contribution in [0.3, 0.4) is 0 Å². The number of nitrogens with zero attached hydrogens (tertiary/aromatic N) is 5. The van der Waals surface area contributed by atoms with Crippen molar-refractivity contribution in [2.75, 3.05) is 26.2 Å². The second-order valence-corrected chi connectivity index (χ2v) is 7.89. The Balaban J connectivity index is 1.47. The van der Waals surface area contributed by atoms with Gasteiger partial charge in [-0.05, 0) is 38.8 Å². The minimum absolute atomic E-state index is 0.0121. The zero-order chi connectivity index (χ0) is 18.9. The molecule has 7 nitrogen and oxygen atoms in total. The topological polar surface area (TPSA) is 70.1 Å². The van der Waals surface area contributed by atoms with Crippen LogP contribution >= 0.6 is 0 Å². The number of piperidine rings is 1. The van der Waals surface area contributed by atoms with E-state index in [2.05, 4.69) is 21.9 Å². The van der Waals surface area contributed by atoms with Gasteiger partial charge >= 0.3 is 0 Å². The maximum Gasteiger partial charge on any atom is 0.244 e. The summed E-state index contributed by atoms with van der Waals surface area (Å²) in [6, 6.07) is 1.94. The molecule has 1 spiro atoms. The van der Waals surface area contributed by atoms with Crippen molar-refractivity contribution in [3.05, 3.63) is 35.7 Å². The summed E-state index contributed by atoms with van der Waals surface area (Å²) >= 11 is 0. The van der Waals surface area contributed by atoms with Crippen LogP contribution in [-0.4, -0.2) is 61.6 Å². The molecular formula is C20H30N6O. The third-order valence-corrected chi connectivity index (χ3v) is 6.19. The Morgan fingerprint density at radius 1 is 1.30 bits per heavy atom. The van der Waals surface area contributed by atoms with Gasteiger partial charge in [0.2, 0.25) is 5.91 Å². The molecule has 0 unspecified atom stereocenters. The van der Waals surface area contributed by atoms with Crippen LogP contribution in [0.5, 0.6) is 0 Å². The molecule has 27 heavy (non-hydrogen) atoms. The fourth-order valence-corrected chi connectivity index (χ4v) is 4.67. The quantitative estimate of drug-likeness (QED) is 0.875. The number of hydrogen-bond acceptors (Lipinski definition) is 4. The van der Waals surface area contributed by atoms with E-state index in [4.69, 9.17) is 4.98 Å². The number of aromatic nitrogens is 4. The third kappa shape index (κ3) is 3.40. The Labute approximate surface area is 160 Å². The average Bonchev–Trinajstić information content (AvgIpc) is 3.31. The number of carbonyl (C=O) groups excluding carboxylic acids is 1. The smallest absolute Gasteiger partial charge is 0.244 e. The van der Waals surface area contributed by atoms with Crippen LogP contribution in [0.1, 0.15) is 49.7 Å². The monoisotopic (exact) mass is 370 g/mol. The molecule has 0 atom stereocenters. The highest BCUT2D eigenvalue weighted by Crippen LogP contribution is 2.42. The molecule has 0 radical (unpaired) electrons. The largest absolute Gasteiger partial charge is 0.348 e. The summed E-state index contributed by atoms with van der Waals surface area (Å²) in [5.41, 5.74) is 3.44. The van der Waals surface area contributed by atoms with E-state index >= 15 is 0 Å². The van der Waals surface area contributed by atoms with Gasteiger partial charge in [-0.15, -0.1) is 0 Å². The first-order chi connectivity index (χ1) is 13.1. The van der Waals surface area contributed by atoms with Gasteiger partial charge < -0.3 is 9.88 Å². The predicted molar refractivity (Wildman–Crippen MR) is 103 cm³/mol. The Morgan fingerprint density at radius 3 is 2.81 bits per heavy atom. The maximum atomic E-state index is 12.7. The van der Waals surface area contributed by atoms with Crippen LogP contribution in [0.25, 0.3) is 0 Å². The number of aromatic amines is 1. The van der Waals surface area contributed by atoms with Gasteiger partial charge in [-0.2, -0.15) is 5.10 Å². The summed E-state index contributed by atoms with van der Waals surface area (Å²) < 4.78 is 1.74. The molecule has 4 heterocycles. The molecule has 2 aromatic heterocycles. The van der Waals surface area contributed by atoms with Crippen molar-refractivity contribution in [3.63, 3.8) is 0 Å². The first-order valence-electron chi connectivity index (χ1n) is 10.2. The van der Waals surface area contributed by atoms with Crippen molar-refractivity contribution >= 4 is 5.91 Å². The van der Waals surface area contributed by atoms with Crippen LogP contribution in [0, 0.1) is 6.92 Å². The van der Waals surface area contributed by atoms with Gasteiger partial charge in [-0.25, -0.2) is 4.98 Å². The Kier molecular flexibility index (Phi) is 5.04. The number of unbranched alkanes of at least 4 members (excludes halogenated alkanes) is 1. The number of imidazole rings is 1. The fraction of sp³-hybridized carbons (Fsp3) is 0.650. The van der Waals surface area contributed by atoms with E-state index in [-0.39, 0.29) is 11.4 Å². The normalized spacial score (nSPS) is 19.4. The second-order valence-electron chi connectivity index (χ2n) is 7.89. The van der Waals surface area contributed by atoms with Crippen molar-refractivity contribution in [2.45, 2.75) is 58.0 Å². The van der Waals surface area contributed by atoms with Gasteiger partial charge in [0.15, 0.2) is 0 Å². The molecule has 1 amide bonds. The summed E-state index contributed by atoms with van der Waals surface area (Å²) in [6.07, 6.45) is 9.09. The van der Waals surface area contributed by atoms with Crippen molar-refractivity contribution < 1.29 is 4.79 Å². The van der Waals surface area contributed by atoms with Gasteiger partial charge in [0, 0.05) is 37.9 Å². The van der Waals surface area contributed by atoms with Gasteiger partial charge in [-0.1, -0.05) is 13.3 Å². The summed E-state index contributed by atoms with van der Waals surface area (Å²) in [5.74, 6) is 0.158. The lowest BCUT2D eigenvalue weighted by molar-refractivity contribution is -0.135. The van der Waals surface area contributed by atoms with Crippen molar-refractivity contribution in [2.24, 2.45) is 0 Å². The predicted octanol–water partition coefficient (Wildman–Crippen LogP) is 2.09. The summed E-state index contributed by atoms with van der Waals surface area (Å²) in [6.45, 7) is 8.28. The molecular weight excluding hydrogens is 340 g/mol. The van der Waals surface area contributed by atoms with Gasteiger partial charge in [0.25, 0.3) is 0 Å². The number of likely N-dealkylation sites (tertiary alicyclic amines) is 1. The number of aryl methyl sites for hydroxylation is 1. The molecule has 0 aliphatic carbocycles. The number of carbonyl (C=O) groups is 1. The minimum atomic E-state index is -0.0121. The molecule has 7 heteroatoms. The van der Waals surface area contributed by atoms with Crippen molar-refractivity contribution in [3.8, 4) is 0 Å². The van der Waals surface area contributed by atoms with Crippen LogP contribution < -0.4 is 0 Å². The molecule has 2 aromatic rings. The molecule has 1 N–H and O–H groups in total. The molecule has 0 bridgehead atoms. The highest BCUT2D eigenvalue weighted by atomic mass is 16.2. The van der Waals surface area contributed by atoms with Gasteiger partial charge in [0.05, 0.1) is 23.3 Å². The summed E-state index contributed by atoms with van der Waals surface area (Å²) in [5, 5.41) is 4.34. The number of nitrogens with one attached hydrogen (secondary N) is 1. The molecule has 0 aromatic carbocycles. The fourth-order valence-electron chi connectivity index (χ4n) is 4.67. The lowest BCUT2D eigenvalue weighted by Gasteiger charge is -2.50. The first kappa shape index (κ1) is 18.2. The molecule has 146 valence electrons. The lowest BCUT2D eigenvalue weighted by atomic mass is 9.78. The molecule has 1 fully saturated rings. The summed E-state index contributed by atoms with van der Waals surface area (Å²) in [4.78, 5) is 25.4. The number of H-pyrrole nitrogens is 1. The summed E-state index contributed by atoms with van der Waals surface area (Å²) in [7, 11) is 0. The second kappa shape index (κ2) is 7.46. The highest BCUT2D eigenvalue weighted by Gasteiger charge is 2.46. The van der Waals surface area contributed by atoms with Gasteiger partial charge in [-0.3, -0.25) is 14.4 Å². The van der Waals surface area contributed by atoms with E-state index in [9.17, 15) is 4.79 Å². The van der Waals surface area contributed by atoms with E-state index < -0.39 is 0 Å². The van der Waals surface area contributed by atoms with E-state index in [1.54, 1.807) is 4.68 Å². The zero-order valence-corrected chi connectivity index (χ0v) is 16.4. The SMILES string of the molecule is CCCCN1CCc2[nH]cnc2C12CCN(C(=O)Cn1ccc(C)n1)CC2. The lowest BCUT2D eigenvalue weighted by Crippen LogP contribution is -2.57. The van der Waals surface area contributed by atoms with Crippen molar-refractivity contribution in [1.82, 2.24) is 29.5 Å². The minimum Gasteiger partial charge on any atom is -0.348 e. The zero-order valence-electron chi connectivity index (χ0n) is 16.4. The first-order valence-corrected chi connectivity index (χ1v) is 10.2. The number of rotatable bonds is 5. The van der Waals surface area contributed by atoms with Crippen LogP contribution in [0.15, 0.2) is 18.6 Å². The highest BCUT2D eigenvalue weighted by molar-refractivity contribution is 5.76. The number of hydrogen-bond donors (Lipinski definition) is 1. The average molecular weight is 371 g/mol. The standard InChI is InChI=1S/C20H30N6O/c1-3-4-9-25-10-6-17-19(22-15-21-17)20(25)7-12-24(13-8-20)18(27)14-26-11-5-16(2)23-26/h5,11,15H,3-4,6-10,12-14H2,1-2H3,(H,21,22). The van der Waals surface area contributed by atoms with E-state index in [1.807, 2.05) is 30.4 Å². The Bertz CT molecular complexity index is 786. The van der Waals surface area contributed by atoms with E-state index in [0.29, 0.717) is 6.54 Å².